The first kappa shape index (κ1) is 18.6. The second-order valence-corrected chi connectivity index (χ2v) is 6.95. The van der Waals surface area contributed by atoms with E-state index in [2.05, 4.69) is 15.4 Å². The number of aromatic nitrogens is 3. The highest BCUT2D eigenvalue weighted by Crippen LogP contribution is 2.32. The Bertz CT molecular complexity index is 1250. The summed E-state index contributed by atoms with van der Waals surface area (Å²) in [6.45, 7) is 1.53. The molecule has 4 aromatic rings. The van der Waals surface area contributed by atoms with Crippen LogP contribution in [0.1, 0.15) is 15.9 Å². The van der Waals surface area contributed by atoms with Gasteiger partial charge < -0.3 is 4.74 Å². The number of nitro benzene ring substituents is 1. The lowest BCUT2D eigenvalue weighted by atomic mass is 10.1. The number of hydrogen-bond donors (Lipinski definition) is 1. The highest BCUT2D eigenvalue weighted by atomic mass is 32.1. The molecule has 10 heteroatoms. The third-order valence-corrected chi connectivity index (χ3v) is 5.25. The summed E-state index contributed by atoms with van der Waals surface area (Å²) < 4.78 is 7.03. The number of nitrogens with one attached hydrogen (secondary N) is 1. The van der Waals surface area contributed by atoms with Crippen LogP contribution in [0.4, 0.5) is 11.6 Å². The van der Waals surface area contributed by atoms with Crippen molar-refractivity contribution in [1.29, 1.82) is 0 Å². The molecule has 0 aliphatic heterocycles. The van der Waals surface area contributed by atoms with Crippen molar-refractivity contribution >= 4 is 33.8 Å². The van der Waals surface area contributed by atoms with Gasteiger partial charge in [0.25, 0.3) is 17.5 Å². The zero-order valence-electron chi connectivity index (χ0n) is 15.4. The van der Waals surface area contributed by atoms with Crippen LogP contribution in [0.3, 0.4) is 0 Å². The van der Waals surface area contributed by atoms with Crippen molar-refractivity contribution < 1.29 is 14.5 Å². The van der Waals surface area contributed by atoms with E-state index >= 15 is 0 Å². The number of amides is 1. The molecule has 2 aromatic carbocycles. The minimum absolute atomic E-state index is 0.115. The number of carbonyl (C=O) groups is 1. The average molecular weight is 409 g/mol. The van der Waals surface area contributed by atoms with Crippen LogP contribution in [0.2, 0.25) is 0 Å². The normalized spacial score (nSPS) is 10.8. The Balaban J connectivity index is 1.67. The van der Waals surface area contributed by atoms with E-state index in [9.17, 15) is 14.9 Å². The number of methoxy groups -OCH3 is 1. The van der Waals surface area contributed by atoms with Crippen LogP contribution in [-0.2, 0) is 0 Å². The minimum Gasteiger partial charge on any atom is -0.496 e. The predicted molar refractivity (Wildman–Crippen MR) is 109 cm³/mol. The van der Waals surface area contributed by atoms with Gasteiger partial charge in [0.15, 0.2) is 0 Å². The molecule has 1 N–H and O–H groups in total. The highest BCUT2D eigenvalue weighted by molar-refractivity contribution is 7.15. The number of rotatable bonds is 5. The number of thiazole rings is 1. The molecule has 4 rings (SSSR count). The molecule has 9 nitrogen and oxygen atoms in total. The predicted octanol–water partition coefficient (Wildman–Crippen LogP) is 3.94. The van der Waals surface area contributed by atoms with Crippen LogP contribution in [0.15, 0.2) is 47.8 Å². The Morgan fingerprint density at radius 1 is 1.24 bits per heavy atom. The topological polar surface area (TPSA) is 112 Å². The van der Waals surface area contributed by atoms with E-state index in [1.54, 1.807) is 11.6 Å². The van der Waals surface area contributed by atoms with E-state index in [1.807, 2.05) is 29.6 Å². The van der Waals surface area contributed by atoms with E-state index in [-0.39, 0.29) is 22.8 Å². The molecule has 0 saturated heterocycles. The maximum absolute atomic E-state index is 12.6. The van der Waals surface area contributed by atoms with Gasteiger partial charge in [-0.1, -0.05) is 18.2 Å². The molecule has 0 bridgehead atoms. The summed E-state index contributed by atoms with van der Waals surface area (Å²) in [7, 11) is 1.59. The van der Waals surface area contributed by atoms with Gasteiger partial charge in [-0.25, -0.2) is 4.52 Å². The zero-order chi connectivity index (χ0) is 20.5. The van der Waals surface area contributed by atoms with Crippen molar-refractivity contribution in [3.63, 3.8) is 0 Å². The summed E-state index contributed by atoms with van der Waals surface area (Å²) in [5.41, 5.74) is 1.99. The number of anilines is 1. The van der Waals surface area contributed by atoms with Crippen LogP contribution >= 0.6 is 11.3 Å². The molecule has 0 aliphatic carbocycles. The van der Waals surface area contributed by atoms with Gasteiger partial charge in [-0.3, -0.25) is 20.2 Å². The van der Waals surface area contributed by atoms with Gasteiger partial charge in [-0.15, -0.1) is 16.4 Å². The van der Waals surface area contributed by atoms with Gasteiger partial charge in [-0.2, -0.15) is 4.98 Å². The second kappa shape index (κ2) is 7.32. The van der Waals surface area contributed by atoms with Crippen molar-refractivity contribution in [3.05, 3.63) is 69.1 Å². The summed E-state index contributed by atoms with van der Waals surface area (Å²) in [6.07, 6.45) is 0. The van der Waals surface area contributed by atoms with Gasteiger partial charge in [0, 0.05) is 28.1 Å². The molecule has 2 aromatic heterocycles. The Hall–Kier alpha value is -3.79. The lowest BCUT2D eigenvalue weighted by Crippen LogP contribution is -2.15. The van der Waals surface area contributed by atoms with Crippen LogP contribution in [0.25, 0.3) is 16.2 Å². The highest BCUT2D eigenvalue weighted by Gasteiger charge is 2.20. The molecule has 1 amide bonds. The van der Waals surface area contributed by atoms with Crippen LogP contribution < -0.4 is 10.1 Å². The maximum atomic E-state index is 12.6. The third-order valence-electron chi connectivity index (χ3n) is 4.44. The fourth-order valence-corrected chi connectivity index (χ4v) is 3.83. The number of benzene rings is 2. The largest absolute Gasteiger partial charge is 0.496 e. The van der Waals surface area contributed by atoms with E-state index in [1.165, 1.54) is 36.5 Å². The van der Waals surface area contributed by atoms with Gasteiger partial charge in [0.2, 0.25) is 4.96 Å². The number of para-hydroxylation sites is 1. The summed E-state index contributed by atoms with van der Waals surface area (Å²) in [5, 5.41) is 20.0. The summed E-state index contributed by atoms with van der Waals surface area (Å²) in [6, 6.07) is 11.9. The van der Waals surface area contributed by atoms with Crippen molar-refractivity contribution in [2.45, 2.75) is 6.92 Å². The maximum Gasteiger partial charge on any atom is 0.273 e. The smallest absolute Gasteiger partial charge is 0.273 e. The number of carbonyl (C=O) groups excluding carboxylic acids is 1. The lowest BCUT2D eigenvalue weighted by Gasteiger charge is -2.06. The van der Waals surface area contributed by atoms with Crippen LogP contribution in [0.5, 0.6) is 5.75 Å². The molecule has 0 spiro atoms. The fourth-order valence-electron chi connectivity index (χ4n) is 3.01. The monoisotopic (exact) mass is 409 g/mol. The van der Waals surface area contributed by atoms with Crippen molar-refractivity contribution in [1.82, 2.24) is 14.6 Å². The summed E-state index contributed by atoms with van der Waals surface area (Å²) in [4.78, 5) is 28.1. The SMILES string of the molecule is COc1ccccc1-c1csc2nc(NC(=O)c3cccc([N+](=O)[O-])c3C)nn12. The average Bonchev–Trinajstić information content (AvgIpc) is 3.27. The molecule has 0 radical (unpaired) electrons. The molecule has 0 aliphatic rings. The quantitative estimate of drug-likeness (QED) is 0.395. The fraction of sp³-hybridized carbons (Fsp3) is 0.105. The van der Waals surface area contributed by atoms with E-state index in [0.29, 0.717) is 10.7 Å². The number of nitro groups is 1. The molecule has 29 heavy (non-hydrogen) atoms. The first-order valence-corrected chi connectivity index (χ1v) is 9.40. The second-order valence-electron chi connectivity index (χ2n) is 6.11. The van der Waals surface area contributed by atoms with Crippen molar-refractivity contribution in [2.75, 3.05) is 12.4 Å². The van der Waals surface area contributed by atoms with Crippen molar-refractivity contribution in [2.24, 2.45) is 0 Å². The molecular formula is C19H15N5O4S. The van der Waals surface area contributed by atoms with E-state index < -0.39 is 10.8 Å². The lowest BCUT2D eigenvalue weighted by molar-refractivity contribution is -0.385. The number of fused-ring (bicyclic) bond motifs is 1. The number of hydrogen-bond acceptors (Lipinski definition) is 7. The van der Waals surface area contributed by atoms with Crippen molar-refractivity contribution in [3.8, 4) is 17.0 Å². The molecule has 0 unspecified atom stereocenters. The zero-order valence-corrected chi connectivity index (χ0v) is 16.3. The first-order valence-electron chi connectivity index (χ1n) is 8.52. The molecule has 0 atom stereocenters. The molecule has 2 heterocycles. The summed E-state index contributed by atoms with van der Waals surface area (Å²) in [5.74, 6) is 0.299. The number of nitrogens with zero attached hydrogens (tertiary/aromatic N) is 4. The Labute approximate surface area is 168 Å². The molecule has 146 valence electrons. The molecule has 0 fully saturated rings. The number of ether oxygens (including phenoxy) is 1. The first-order chi connectivity index (χ1) is 14.0. The minimum atomic E-state index is -0.517. The van der Waals surface area contributed by atoms with Gasteiger partial charge in [-0.05, 0) is 25.1 Å². The Morgan fingerprint density at radius 2 is 2.03 bits per heavy atom. The molecular weight excluding hydrogens is 394 g/mol. The Morgan fingerprint density at radius 3 is 2.79 bits per heavy atom. The standard InChI is InChI=1S/C19H15N5O4S/c1-11-12(7-5-8-14(11)24(26)27)17(25)20-18-21-19-23(22-18)15(10-29-19)13-6-3-4-9-16(13)28-2/h3-10H,1-2H3,(H,20,22,25). The van der Waals surface area contributed by atoms with Gasteiger partial charge >= 0.3 is 0 Å². The van der Waals surface area contributed by atoms with Gasteiger partial charge in [0.05, 0.1) is 17.7 Å². The summed E-state index contributed by atoms with van der Waals surface area (Å²) >= 11 is 1.37. The Kier molecular flexibility index (Phi) is 4.69. The van der Waals surface area contributed by atoms with E-state index in [4.69, 9.17) is 4.74 Å². The van der Waals surface area contributed by atoms with Crippen LogP contribution in [0, 0.1) is 17.0 Å². The van der Waals surface area contributed by atoms with E-state index in [0.717, 1.165) is 11.3 Å². The third kappa shape index (κ3) is 3.29. The van der Waals surface area contributed by atoms with Gasteiger partial charge in [0.1, 0.15) is 5.75 Å². The molecule has 0 saturated carbocycles. The van der Waals surface area contributed by atoms with Crippen LogP contribution in [-0.4, -0.2) is 32.5 Å².